The van der Waals surface area contributed by atoms with Gasteiger partial charge in [-0.3, -0.25) is 4.57 Å². The molecule has 10 nitrogen and oxygen atoms in total. The standard InChI is InChI=1S/C28H30N7O3P/c1-18-7-12-23-22(15-32-35(23)27(36)38-28(2,3)4)21(18)13-14-34-17-31-24-25(29-16-30-26(24)34)33-19-8-10-20(11-9-19)39(5,6)37/h7-17H,1-6H3,(H,29,30,33)/b14-13+. The highest BCUT2D eigenvalue weighted by Gasteiger charge is 2.21. The highest BCUT2D eigenvalue weighted by molar-refractivity contribution is 7.70. The summed E-state index contributed by atoms with van der Waals surface area (Å²) in [5, 5.41) is 9.21. The summed E-state index contributed by atoms with van der Waals surface area (Å²) in [5.74, 6) is 0.563. The van der Waals surface area contributed by atoms with Crippen LogP contribution in [0.2, 0.25) is 0 Å². The van der Waals surface area contributed by atoms with E-state index >= 15 is 0 Å². The average molecular weight is 544 g/mol. The van der Waals surface area contributed by atoms with Gasteiger partial charge in [0.25, 0.3) is 0 Å². The molecule has 0 aliphatic heterocycles. The molecule has 0 spiro atoms. The van der Waals surface area contributed by atoms with Gasteiger partial charge in [0, 0.05) is 22.6 Å². The first kappa shape index (κ1) is 26.3. The van der Waals surface area contributed by atoms with Gasteiger partial charge in [-0.15, -0.1) is 0 Å². The lowest BCUT2D eigenvalue weighted by Crippen LogP contribution is -2.27. The number of aromatic nitrogens is 6. The minimum absolute atomic E-state index is 0.526. The molecule has 3 aromatic heterocycles. The van der Waals surface area contributed by atoms with Crippen LogP contribution < -0.4 is 10.6 Å². The lowest BCUT2D eigenvalue weighted by atomic mass is 10.0. The quantitative estimate of drug-likeness (QED) is 0.273. The lowest BCUT2D eigenvalue weighted by Gasteiger charge is -2.19. The molecule has 0 unspecified atom stereocenters. The minimum atomic E-state index is -2.33. The molecular weight excluding hydrogens is 513 g/mol. The molecule has 39 heavy (non-hydrogen) atoms. The Bertz CT molecular complexity index is 1770. The van der Waals surface area contributed by atoms with Crippen molar-refractivity contribution < 1.29 is 14.1 Å². The number of nitrogens with one attached hydrogen (secondary N) is 1. The van der Waals surface area contributed by atoms with Crippen LogP contribution in [0.15, 0.2) is 55.2 Å². The van der Waals surface area contributed by atoms with Crippen LogP contribution in [0.3, 0.4) is 0 Å². The fourth-order valence-electron chi connectivity index (χ4n) is 4.15. The predicted octanol–water partition coefficient (Wildman–Crippen LogP) is 5.89. The predicted molar refractivity (Wildman–Crippen MR) is 155 cm³/mol. The third-order valence-corrected chi connectivity index (χ3v) is 7.63. The van der Waals surface area contributed by atoms with Crippen molar-refractivity contribution >= 4 is 64.4 Å². The second kappa shape index (κ2) is 9.78. The van der Waals surface area contributed by atoms with E-state index in [2.05, 4.69) is 25.4 Å². The first-order valence-corrected chi connectivity index (χ1v) is 15.0. The van der Waals surface area contributed by atoms with Crippen LogP contribution in [0, 0.1) is 6.92 Å². The van der Waals surface area contributed by atoms with Crippen molar-refractivity contribution in [2.24, 2.45) is 0 Å². The number of anilines is 2. The maximum Gasteiger partial charge on any atom is 0.435 e. The molecule has 3 heterocycles. The Morgan fingerprint density at radius 3 is 2.49 bits per heavy atom. The SMILES string of the molecule is Cc1ccc2c(cnn2C(=O)OC(C)(C)C)c1/C=C/n1cnc2c(Nc3ccc(P(C)(C)=O)cc3)ncnc21. The Balaban J connectivity index is 1.45. The largest absolute Gasteiger partial charge is 0.442 e. The molecule has 2 aromatic carbocycles. The molecule has 0 amide bonds. The minimum Gasteiger partial charge on any atom is -0.442 e. The number of rotatable bonds is 5. The zero-order chi connectivity index (χ0) is 27.9. The van der Waals surface area contributed by atoms with Gasteiger partial charge in [-0.25, -0.2) is 19.7 Å². The smallest absolute Gasteiger partial charge is 0.435 e. The fourth-order valence-corrected chi connectivity index (χ4v) is 5.02. The van der Waals surface area contributed by atoms with Gasteiger partial charge >= 0.3 is 6.09 Å². The van der Waals surface area contributed by atoms with Crippen LogP contribution in [0.1, 0.15) is 31.9 Å². The molecular formula is C28H30N7O3P. The van der Waals surface area contributed by atoms with Crippen LogP contribution in [-0.4, -0.2) is 54.3 Å². The molecule has 5 aromatic rings. The second-order valence-electron chi connectivity index (χ2n) is 10.7. The fraction of sp³-hybridized carbons (Fsp3) is 0.250. The van der Waals surface area contributed by atoms with Crippen molar-refractivity contribution in [3.63, 3.8) is 0 Å². The number of aryl methyl sites for hydroxylation is 1. The summed E-state index contributed by atoms with van der Waals surface area (Å²) in [5.41, 5.74) is 4.02. The number of benzene rings is 2. The second-order valence-corrected chi connectivity index (χ2v) is 13.9. The molecule has 0 saturated carbocycles. The lowest BCUT2D eigenvalue weighted by molar-refractivity contribution is 0.0522. The van der Waals surface area contributed by atoms with Crippen molar-refractivity contribution in [1.82, 2.24) is 29.3 Å². The topological polar surface area (TPSA) is 117 Å². The van der Waals surface area contributed by atoms with E-state index in [1.54, 1.807) is 25.9 Å². The van der Waals surface area contributed by atoms with E-state index in [1.807, 2.05) is 80.9 Å². The summed E-state index contributed by atoms with van der Waals surface area (Å²) in [7, 11) is -2.33. The third kappa shape index (κ3) is 5.47. The van der Waals surface area contributed by atoms with Gasteiger partial charge in [0.2, 0.25) is 0 Å². The molecule has 0 saturated heterocycles. The number of carbonyl (C=O) groups is 1. The van der Waals surface area contributed by atoms with Crippen LogP contribution in [0.25, 0.3) is 34.3 Å². The van der Waals surface area contributed by atoms with Crippen molar-refractivity contribution in [1.29, 1.82) is 0 Å². The van der Waals surface area contributed by atoms with E-state index in [-0.39, 0.29) is 0 Å². The van der Waals surface area contributed by atoms with Crippen molar-refractivity contribution in [2.45, 2.75) is 33.3 Å². The van der Waals surface area contributed by atoms with Gasteiger partial charge < -0.3 is 14.6 Å². The first-order valence-electron chi connectivity index (χ1n) is 12.4. The molecule has 0 bridgehead atoms. The summed E-state index contributed by atoms with van der Waals surface area (Å²) in [4.78, 5) is 26.0. The monoisotopic (exact) mass is 543 g/mol. The Hall–Kier alpha value is -4.30. The van der Waals surface area contributed by atoms with E-state index in [0.717, 1.165) is 27.5 Å². The Morgan fingerprint density at radius 2 is 1.79 bits per heavy atom. The zero-order valence-electron chi connectivity index (χ0n) is 22.7. The summed E-state index contributed by atoms with van der Waals surface area (Å²) in [6.07, 6.45) is 8.11. The molecule has 0 fully saturated rings. The normalized spacial score (nSPS) is 12.5. The third-order valence-electron chi connectivity index (χ3n) is 6.09. The maximum atomic E-state index is 12.7. The van der Waals surface area contributed by atoms with Gasteiger partial charge in [0.15, 0.2) is 17.0 Å². The molecule has 200 valence electrons. The first-order chi connectivity index (χ1) is 18.4. The van der Waals surface area contributed by atoms with Gasteiger partial charge in [-0.05, 0) is 88.6 Å². The summed E-state index contributed by atoms with van der Waals surface area (Å²) in [6, 6.07) is 11.3. The van der Waals surface area contributed by atoms with E-state index in [9.17, 15) is 9.36 Å². The van der Waals surface area contributed by atoms with Crippen LogP contribution in [0.4, 0.5) is 16.3 Å². The van der Waals surface area contributed by atoms with E-state index in [0.29, 0.717) is 22.5 Å². The molecule has 11 heteroatoms. The molecule has 0 aliphatic rings. The highest BCUT2D eigenvalue weighted by atomic mass is 31.2. The van der Waals surface area contributed by atoms with E-state index in [4.69, 9.17) is 4.74 Å². The number of imidazole rings is 1. The number of carbonyl (C=O) groups excluding carboxylic acids is 1. The van der Waals surface area contributed by atoms with E-state index in [1.165, 1.54) is 11.0 Å². The molecule has 0 radical (unpaired) electrons. The number of hydrogen-bond donors (Lipinski definition) is 1. The number of nitrogens with zero attached hydrogens (tertiary/aromatic N) is 6. The highest BCUT2D eigenvalue weighted by Crippen LogP contribution is 2.35. The average Bonchev–Trinajstić information content (AvgIpc) is 3.47. The molecule has 5 rings (SSSR count). The van der Waals surface area contributed by atoms with Gasteiger partial charge in [-0.2, -0.15) is 9.78 Å². The summed E-state index contributed by atoms with van der Waals surface area (Å²) in [6.45, 7) is 11.0. The number of ether oxygens (including phenoxy) is 1. The Labute approximate surface area is 226 Å². The van der Waals surface area contributed by atoms with Crippen molar-refractivity contribution in [3.8, 4) is 0 Å². The summed E-state index contributed by atoms with van der Waals surface area (Å²) >= 11 is 0. The van der Waals surface area contributed by atoms with Crippen LogP contribution >= 0.6 is 7.14 Å². The van der Waals surface area contributed by atoms with Gasteiger partial charge in [0.1, 0.15) is 25.4 Å². The number of fused-ring (bicyclic) bond motifs is 2. The zero-order valence-corrected chi connectivity index (χ0v) is 23.6. The van der Waals surface area contributed by atoms with Gasteiger partial charge in [-0.1, -0.05) is 6.07 Å². The van der Waals surface area contributed by atoms with Crippen LogP contribution in [0.5, 0.6) is 0 Å². The van der Waals surface area contributed by atoms with E-state index < -0.39 is 18.8 Å². The van der Waals surface area contributed by atoms with Crippen molar-refractivity contribution in [2.75, 3.05) is 18.6 Å². The summed E-state index contributed by atoms with van der Waals surface area (Å²) < 4.78 is 20.9. The molecule has 1 N–H and O–H groups in total. The van der Waals surface area contributed by atoms with Crippen LogP contribution in [-0.2, 0) is 9.30 Å². The van der Waals surface area contributed by atoms with Crippen molar-refractivity contribution in [3.05, 3.63) is 66.4 Å². The molecule has 0 atom stereocenters. The number of hydrogen-bond acceptors (Lipinski definition) is 8. The maximum absolute atomic E-state index is 12.7. The Morgan fingerprint density at radius 1 is 1.05 bits per heavy atom. The Kier molecular flexibility index (Phi) is 6.60. The van der Waals surface area contributed by atoms with Gasteiger partial charge in [0.05, 0.1) is 11.7 Å². The molecule has 0 aliphatic carbocycles.